The lowest BCUT2D eigenvalue weighted by Crippen LogP contribution is -2.41. The minimum Gasteiger partial charge on any atom is -0.592 e. The fourth-order valence-corrected chi connectivity index (χ4v) is 1.98. The molecule has 1 atom stereocenters. The lowest BCUT2D eigenvalue weighted by molar-refractivity contribution is 0.536. The second-order valence-corrected chi connectivity index (χ2v) is 3.51. The molecule has 4 heteroatoms. The summed E-state index contributed by atoms with van der Waals surface area (Å²) in [6, 6.07) is 7.69. The minimum atomic E-state index is -1.08. The highest BCUT2D eigenvalue weighted by Gasteiger charge is 2.19. The van der Waals surface area contributed by atoms with Crippen molar-refractivity contribution < 1.29 is 4.55 Å². The van der Waals surface area contributed by atoms with Gasteiger partial charge >= 0.3 is 0 Å². The van der Waals surface area contributed by atoms with Gasteiger partial charge in [0.1, 0.15) is 0 Å². The number of fused-ring (bicyclic) bond motifs is 1. The Labute approximate surface area is 68.1 Å². The van der Waals surface area contributed by atoms with Gasteiger partial charge in [-0.1, -0.05) is 23.0 Å². The second kappa shape index (κ2) is 2.83. The number of hydrogen-bond donors (Lipinski definition) is 2. The average molecular weight is 168 g/mol. The van der Waals surface area contributed by atoms with E-state index in [2.05, 4.69) is 10.3 Å². The summed E-state index contributed by atoms with van der Waals surface area (Å²) in [7, 11) is 0. The van der Waals surface area contributed by atoms with Crippen LogP contribution in [0.25, 0.3) is 0 Å². The van der Waals surface area contributed by atoms with Gasteiger partial charge in [-0.2, -0.15) is 0 Å². The highest BCUT2D eigenvalue weighted by atomic mass is 32.2. The zero-order chi connectivity index (χ0) is 7.68. The molecule has 0 saturated heterocycles. The molecule has 0 aromatic heterocycles. The molecule has 2 N–H and O–H groups in total. The van der Waals surface area contributed by atoms with Gasteiger partial charge in [0.25, 0.3) is 0 Å². The van der Waals surface area contributed by atoms with Gasteiger partial charge in [-0.15, -0.1) is 0 Å². The maximum absolute atomic E-state index is 11.2. The predicted molar refractivity (Wildman–Crippen MR) is 42.8 cm³/mol. The van der Waals surface area contributed by atoms with Crippen LogP contribution in [0, 0.1) is 0 Å². The Hall–Kier alpha value is -0.550. The Kier molecular flexibility index (Phi) is 1.83. The second-order valence-electron chi connectivity index (χ2n) is 2.33. The van der Waals surface area contributed by atoms with Crippen LogP contribution in [0.3, 0.4) is 0 Å². The van der Waals surface area contributed by atoms with Gasteiger partial charge < -0.3 is 4.55 Å². The SMILES string of the molecule is [O-][S+]1NNCc2ccccc21. The van der Waals surface area contributed by atoms with E-state index in [4.69, 9.17) is 0 Å². The molecule has 1 aromatic rings. The Morgan fingerprint density at radius 1 is 1.36 bits per heavy atom. The Morgan fingerprint density at radius 2 is 2.18 bits per heavy atom. The third-order valence-corrected chi connectivity index (χ3v) is 2.74. The summed E-state index contributed by atoms with van der Waals surface area (Å²) in [6.45, 7) is 0.738. The van der Waals surface area contributed by atoms with E-state index < -0.39 is 11.4 Å². The summed E-state index contributed by atoms with van der Waals surface area (Å²) in [4.78, 5) is 3.54. The fraction of sp³-hybridized carbons (Fsp3) is 0.143. The average Bonchev–Trinajstić information content (AvgIpc) is 2.06. The molecule has 0 fully saturated rings. The maximum atomic E-state index is 11.2. The van der Waals surface area contributed by atoms with Crippen molar-refractivity contribution in [2.24, 2.45) is 0 Å². The Bertz CT molecular complexity index is 266. The molecular formula is C7H8N2OS. The van der Waals surface area contributed by atoms with Crippen molar-refractivity contribution >= 4 is 11.4 Å². The molecule has 0 radical (unpaired) electrons. The zero-order valence-corrected chi connectivity index (χ0v) is 6.65. The molecular weight excluding hydrogens is 160 g/mol. The molecule has 0 bridgehead atoms. The maximum Gasteiger partial charge on any atom is 0.179 e. The molecule has 11 heavy (non-hydrogen) atoms. The summed E-state index contributed by atoms with van der Waals surface area (Å²) >= 11 is -1.08. The summed E-state index contributed by atoms with van der Waals surface area (Å²) in [6.07, 6.45) is 0. The number of nitrogens with one attached hydrogen (secondary N) is 2. The van der Waals surface area contributed by atoms with Crippen LogP contribution in [0.2, 0.25) is 0 Å². The van der Waals surface area contributed by atoms with Gasteiger partial charge in [0.2, 0.25) is 0 Å². The molecule has 0 saturated carbocycles. The lowest BCUT2D eigenvalue weighted by Gasteiger charge is -2.18. The van der Waals surface area contributed by atoms with Crippen molar-refractivity contribution in [3.63, 3.8) is 0 Å². The van der Waals surface area contributed by atoms with E-state index >= 15 is 0 Å². The molecule has 1 unspecified atom stereocenters. The van der Waals surface area contributed by atoms with Gasteiger partial charge in [-0.25, -0.2) is 5.43 Å². The Balaban J connectivity index is 2.44. The largest absolute Gasteiger partial charge is 0.592 e. The number of hydrazine groups is 1. The first-order valence-corrected chi connectivity index (χ1v) is 4.51. The summed E-state index contributed by atoms with van der Waals surface area (Å²) in [5, 5.41) is 0. The Morgan fingerprint density at radius 3 is 3.00 bits per heavy atom. The van der Waals surface area contributed by atoms with Gasteiger partial charge in [-0.3, -0.25) is 0 Å². The minimum absolute atomic E-state index is 0.738. The van der Waals surface area contributed by atoms with Crippen molar-refractivity contribution in [1.82, 2.24) is 10.3 Å². The predicted octanol–water partition coefficient (Wildman–Crippen LogP) is 0.317. The molecule has 0 spiro atoms. The molecule has 2 rings (SSSR count). The van der Waals surface area contributed by atoms with Crippen LogP contribution < -0.4 is 10.3 Å². The summed E-state index contributed by atoms with van der Waals surface area (Å²) in [5.74, 6) is 0. The zero-order valence-electron chi connectivity index (χ0n) is 5.83. The number of hydrogen-bond acceptors (Lipinski definition) is 3. The van der Waals surface area contributed by atoms with Crippen LogP contribution in [0.5, 0.6) is 0 Å². The molecule has 3 nitrogen and oxygen atoms in total. The lowest BCUT2D eigenvalue weighted by atomic mass is 10.2. The van der Waals surface area contributed by atoms with Crippen LogP contribution in [0.15, 0.2) is 29.2 Å². The number of benzene rings is 1. The molecule has 1 heterocycles. The van der Waals surface area contributed by atoms with E-state index in [9.17, 15) is 4.55 Å². The van der Waals surface area contributed by atoms with Crippen LogP contribution in [0.1, 0.15) is 5.56 Å². The third-order valence-electron chi connectivity index (χ3n) is 1.62. The normalized spacial score (nSPS) is 22.8. The van der Waals surface area contributed by atoms with Gasteiger partial charge in [-0.05, 0) is 6.07 Å². The molecule has 1 aromatic carbocycles. The van der Waals surface area contributed by atoms with E-state index in [1.165, 1.54) is 0 Å². The topological polar surface area (TPSA) is 47.1 Å². The van der Waals surface area contributed by atoms with E-state index in [1.54, 1.807) is 0 Å². The van der Waals surface area contributed by atoms with E-state index in [0.717, 1.165) is 17.0 Å². The first-order valence-electron chi connectivity index (χ1n) is 3.36. The van der Waals surface area contributed by atoms with Crippen molar-refractivity contribution in [3.05, 3.63) is 29.8 Å². The van der Waals surface area contributed by atoms with Crippen molar-refractivity contribution in [3.8, 4) is 0 Å². The van der Waals surface area contributed by atoms with Crippen molar-refractivity contribution in [2.45, 2.75) is 11.4 Å². The smallest absolute Gasteiger partial charge is 0.179 e. The quantitative estimate of drug-likeness (QED) is 0.548. The summed E-state index contributed by atoms with van der Waals surface area (Å²) < 4.78 is 11.2. The first-order chi connectivity index (χ1) is 5.38. The fourth-order valence-electron chi connectivity index (χ4n) is 1.08. The summed E-state index contributed by atoms with van der Waals surface area (Å²) in [5.41, 5.74) is 3.94. The molecule has 58 valence electrons. The van der Waals surface area contributed by atoms with E-state index in [0.29, 0.717) is 0 Å². The molecule has 0 amide bonds. The van der Waals surface area contributed by atoms with Crippen LogP contribution in [-0.4, -0.2) is 4.55 Å². The highest BCUT2D eigenvalue weighted by Crippen LogP contribution is 2.16. The van der Waals surface area contributed by atoms with Crippen molar-refractivity contribution in [2.75, 3.05) is 0 Å². The van der Waals surface area contributed by atoms with E-state index in [1.807, 2.05) is 24.3 Å². The van der Waals surface area contributed by atoms with Crippen LogP contribution in [-0.2, 0) is 17.9 Å². The van der Waals surface area contributed by atoms with Crippen molar-refractivity contribution in [1.29, 1.82) is 0 Å². The molecule has 1 aliphatic heterocycles. The molecule has 0 aliphatic carbocycles. The monoisotopic (exact) mass is 168 g/mol. The van der Waals surface area contributed by atoms with E-state index in [-0.39, 0.29) is 0 Å². The van der Waals surface area contributed by atoms with Gasteiger partial charge in [0.15, 0.2) is 4.90 Å². The number of rotatable bonds is 0. The standard InChI is InChI=1S/C7H8N2OS/c10-11-7-4-2-1-3-6(7)5-8-9-11/h1-4,8-9H,5H2. The van der Waals surface area contributed by atoms with Gasteiger partial charge in [0, 0.05) is 12.1 Å². The van der Waals surface area contributed by atoms with Crippen LogP contribution >= 0.6 is 0 Å². The van der Waals surface area contributed by atoms with Gasteiger partial charge in [0.05, 0.1) is 11.4 Å². The first kappa shape index (κ1) is 7.12. The molecule has 1 aliphatic rings. The third kappa shape index (κ3) is 1.25. The highest BCUT2D eigenvalue weighted by molar-refractivity contribution is 7.89. The van der Waals surface area contributed by atoms with Crippen LogP contribution in [0.4, 0.5) is 0 Å².